The third-order valence-corrected chi connectivity index (χ3v) is 4.77. The largest absolute Gasteiger partial charge is 0.383 e. The van der Waals surface area contributed by atoms with Gasteiger partial charge in [0, 0.05) is 9.85 Å². The molecule has 0 amide bonds. The molecule has 0 aliphatic heterocycles. The van der Waals surface area contributed by atoms with Crippen LogP contribution in [0, 0.1) is 0 Å². The van der Waals surface area contributed by atoms with Gasteiger partial charge in [-0.05, 0) is 44.3 Å². The summed E-state index contributed by atoms with van der Waals surface area (Å²) in [6.07, 6.45) is 1.93. The van der Waals surface area contributed by atoms with Gasteiger partial charge in [0.25, 0.3) is 0 Å². The van der Waals surface area contributed by atoms with Gasteiger partial charge in [0.05, 0.1) is 15.0 Å². The average Bonchev–Trinajstić information content (AvgIpc) is 2.71. The van der Waals surface area contributed by atoms with Crippen LogP contribution in [-0.4, -0.2) is 9.97 Å². The topological polar surface area (TPSA) is 51.8 Å². The second kappa shape index (κ2) is 5.46. The van der Waals surface area contributed by atoms with Crippen LogP contribution in [0.5, 0.6) is 0 Å². The first-order valence-electron chi connectivity index (χ1n) is 5.18. The quantitative estimate of drug-likeness (QED) is 0.870. The smallest absolute Gasteiger partial charge is 0.171 e. The van der Waals surface area contributed by atoms with E-state index in [0.29, 0.717) is 11.6 Å². The van der Waals surface area contributed by atoms with Gasteiger partial charge >= 0.3 is 0 Å². The molecule has 0 unspecified atom stereocenters. The highest BCUT2D eigenvalue weighted by atomic mass is 79.9. The number of hydrogen-bond donors (Lipinski definition) is 1. The van der Waals surface area contributed by atoms with Gasteiger partial charge in [-0.1, -0.05) is 13.3 Å². The number of hydrogen-bond acceptors (Lipinski definition) is 4. The van der Waals surface area contributed by atoms with Crippen LogP contribution < -0.4 is 5.73 Å². The Labute approximate surface area is 121 Å². The molecule has 0 bridgehead atoms. The summed E-state index contributed by atoms with van der Waals surface area (Å²) >= 11 is 8.46. The van der Waals surface area contributed by atoms with Crippen molar-refractivity contribution < 1.29 is 0 Å². The van der Waals surface area contributed by atoms with Gasteiger partial charge in [-0.15, -0.1) is 11.3 Å². The van der Waals surface area contributed by atoms with Gasteiger partial charge in [-0.25, -0.2) is 9.97 Å². The number of thiophene rings is 1. The molecule has 0 radical (unpaired) electrons. The predicted octanol–water partition coefficient (Wildman–Crippen LogP) is 4.26. The highest BCUT2D eigenvalue weighted by Gasteiger charge is 2.12. The summed E-state index contributed by atoms with van der Waals surface area (Å²) in [5.74, 6) is 1.20. The van der Waals surface area contributed by atoms with Crippen molar-refractivity contribution in [1.82, 2.24) is 9.97 Å². The van der Waals surface area contributed by atoms with Crippen molar-refractivity contribution in [3.63, 3.8) is 0 Å². The molecule has 2 N–H and O–H groups in total. The minimum Gasteiger partial charge on any atom is -0.383 e. The molecule has 2 heterocycles. The molecule has 0 atom stereocenters. The Morgan fingerprint density at radius 1 is 1.35 bits per heavy atom. The molecule has 2 rings (SSSR count). The van der Waals surface area contributed by atoms with Gasteiger partial charge in [-0.3, -0.25) is 0 Å². The van der Waals surface area contributed by atoms with E-state index in [9.17, 15) is 0 Å². The molecule has 6 heteroatoms. The average molecular weight is 377 g/mol. The number of halogens is 2. The highest BCUT2D eigenvalue weighted by Crippen LogP contribution is 2.31. The lowest BCUT2D eigenvalue weighted by molar-refractivity contribution is 0.870. The lowest BCUT2D eigenvalue weighted by atomic mass is 10.2. The molecule has 0 aromatic carbocycles. The standard InChI is InChI=1S/C11H11Br2N3S/c1-2-3-7-9(13)10(14)16-11(15-7)8-4-6(12)5-17-8/h4-5H,2-3H2,1H3,(H2,14,15,16). The Bertz CT molecular complexity index is 540. The second-order valence-corrected chi connectivity index (χ2v) is 6.19. The maximum absolute atomic E-state index is 5.89. The van der Waals surface area contributed by atoms with Crippen LogP contribution in [-0.2, 0) is 6.42 Å². The van der Waals surface area contributed by atoms with E-state index in [1.54, 1.807) is 11.3 Å². The van der Waals surface area contributed by atoms with Crippen molar-refractivity contribution in [3.8, 4) is 10.7 Å². The van der Waals surface area contributed by atoms with Gasteiger partial charge in [0.15, 0.2) is 5.82 Å². The number of anilines is 1. The minimum atomic E-state index is 0.503. The van der Waals surface area contributed by atoms with Crippen LogP contribution in [0.2, 0.25) is 0 Å². The summed E-state index contributed by atoms with van der Waals surface area (Å²) in [7, 11) is 0. The Hall–Kier alpha value is -0.460. The summed E-state index contributed by atoms with van der Waals surface area (Å²) in [6, 6.07) is 2.00. The third kappa shape index (κ3) is 2.86. The molecule has 0 saturated carbocycles. The molecule has 0 saturated heterocycles. The first-order valence-corrected chi connectivity index (χ1v) is 7.64. The number of aryl methyl sites for hydroxylation is 1. The molecular weight excluding hydrogens is 366 g/mol. The molecule has 0 fully saturated rings. The Balaban J connectivity index is 2.48. The number of rotatable bonds is 3. The number of nitrogens with two attached hydrogens (primary N) is 1. The summed E-state index contributed by atoms with van der Waals surface area (Å²) < 4.78 is 1.86. The third-order valence-electron chi connectivity index (χ3n) is 2.22. The SMILES string of the molecule is CCCc1nc(-c2cc(Br)cs2)nc(N)c1Br. The fourth-order valence-electron chi connectivity index (χ4n) is 1.46. The molecule has 0 spiro atoms. The summed E-state index contributed by atoms with van der Waals surface area (Å²) in [4.78, 5) is 9.89. The van der Waals surface area contributed by atoms with E-state index < -0.39 is 0 Å². The van der Waals surface area contributed by atoms with Crippen molar-refractivity contribution >= 4 is 49.0 Å². The molecule has 90 valence electrons. The van der Waals surface area contributed by atoms with Gasteiger partial charge in [0.1, 0.15) is 5.82 Å². The molecule has 3 nitrogen and oxygen atoms in total. The van der Waals surface area contributed by atoms with E-state index in [2.05, 4.69) is 48.8 Å². The molecule has 17 heavy (non-hydrogen) atoms. The summed E-state index contributed by atoms with van der Waals surface area (Å²) in [5, 5.41) is 2.01. The van der Waals surface area contributed by atoms with Gasteiger partial charge in [-0.2, -0.15) is 0 Å². The van der Waals surface area contributed by atoms with E-state index in [1.807, 2.05) is 11.4 Å². The zero-order chi connectivity index (χ0) is 12.4. The number of nitrogens with zero attached hydrogens (tertiary/aromatic N) is 2. The van der Waals surface area contributed by atoms with Crippen LogP contribution in [0.1, 0.15) is 19.0 Å². The fourth-order valence-corrected chi connectivity index (χ4v) is 3.19. The maximum atomic E-state index is 5.89. The van der Waals surface area contributed by atoms with Crippen LogP contribution >= 0.6 is 43.2 Å². The van der Waals surface area contributed by atoms with Crippen LogP contribution in [0.3, 0.4) is 0 Å². The van der Waals surface area contributed by atoms with Gasteiger partial charge < -0.3 is 5.73 Å². The van der Waals surface area contributed by atoms with E-state index >= 15 is 0 Å². The molecular formula is C11H11Br2N3S. The maximum Gasteiger partial charge on any atom is 0.171 e. The predicted molar refractivity (Wildman–Crippen MR) is 79.2 cm³/mol. The molecule has 0 aliphatic carbocycles. The Morgan fingerprint density at radius 3 is 2.71 bits per heavy atom. The molecule has 0 aliphatic rings. The van der Waals surface area contributed by atoms with Crippen LogP contribution in [0.15, 0.2) is 20.4 Å². The first-order chi connectivity index (χ1) is 8.11. The van der Waals surface area contributed by atoms with E-state index in [1.165, 1.54) is 0 Å². The zero-order valence-corrected chi connectivity index (χ0v) is 13.2. The monoisotopic (exact) mass is 375 g/mol. The fraction of sp³-hybridized carbons (Fsp3) is 0.273. The normalized spacial score (nSPS) is 10.8. The zero-order valence-electron chi connectivity index (χ0n) is 9.20. The van der Waals surface area contributed by atoms with Crippen LogP contribution in [0.25, 0.3) is 10.7 Å². The molecule has 2 aromatic heterocycles. The Kier molecular flexibility index (Phi) is 4.17. The second-order valence-electron chi connectivity index (χ2n) is 3.57. The molecule has 2 aromatic rings. The van der Waals surface area contributed by atoms with E-state index in [0.717, 1.165) is 32.4 Å². The lowest BCUT2D eigenvalue weighted by Crippen LogP contribution is -2.02. The van der Waals surface area contributed by atoms with Crippen molar-refractivity contribution in [2.24, 2.45) is 0 Å². The highest BCUT2D eigenvalue weighted by molar-refractivity contribution is 9.11. The summed E-state index contributed by atoms with van der Waals surface area (Å²) in [5.41, 5.74) is 6.86. The lowest BCUT2D eigenvalue weighted by Gasteiger charge is -2.06. The van der Waals surface area contributed by atoms with Crippen molar-refractivity contribution in [3.05, 3.63) is 26.1 Å². The van der Waals surface area contributed by atoms with Gasteiger partial charge in [0.2, 0.25) is 0 Å². The first kappa shape index (κ1) is 13.0. The van der Waals surface area contributed by atoms with Crippen LogP contribution in [0.4, 0.5) is 5.82 Å². The summed E-state index contributed by atoms with van der Waals surface area (Å²) in [6.45, 7) is 2.12. The van der Waals surface area contributed by atoms with Crippen molar-refractivity contribution in [1.29, 1.82) is 0 Å². The Morgan fingerprint density at radius 2 is 2.12 bits per heavy atom. The minimum absolute atomic E-state index is 0.503. The van der Waals surface area contributed by atoms with Crippen molar-refractivity contribution in [2.45, 2.75) is 19.8 Å². The van der Waals surface area contributed by atoms with E-state index in [4.69, 9.17) is 5.73 Å². The number of nitrogen functional groups attached to an aromatic ring is 1. The van der Waals surface area contributed by atoms with Crippen molar-refractivity contribution in [2.75, 3.05) is 5.73 Å². The number of aromatic nitrogens is 2. The van der Waals surface area contributed by atoms with E-state index in [-0.39, 0.29) is 0 Å².